The lowest BCUT2D eigenvalue weighted by atomic mass is 9.96. The molecule has 0 aliphatic carbocycles. The molecule has 1 unspecified atom stereocenters. The van der Waals surface area contributed by atoms with E-state index in [9.17, 15) is 0 Å². The van der Waals surface area contributed by atoms with Gasteiger partial charge in [-0.05, 0) is 65.3 Å². The predicted octanol–water partition coefficient (Wildman–Crippen LogP) is 1.39. The summed E-state index contributed by atoms with van der Waals surface area (Å²) in [7, 11) is 4.46. The second-order valence-corrected chi connectivity index (χ2v) is 5.47. The largest absolute Gasteiger partial charge is 0.328 e. The molecule has 1 atom stereocenters. The highest BCUT2D eigenvalue weighted by molar-refractivity contribution is 4.73. The van der Waals surface area contributed by atoms with Crippen molar-refractivity contribution in [3.63, 3.8) is 0 Å². The zero-order valence-corrected chi connectivity index (χ0v) is 11.3. The molecule has 0 radical (unpaired) electrons. The van der Waals surface area contributed by atoms with Gasteiger partial charge in [0.1, 0.15) is 0 Å². The van der Waals surface area contributed by atoms with Crippen LogP contribution in [0.5, 0.6) is 0 Å². The Balaban J connectivity index is 2.11. The van der Waals surface area contributed by atoms with Gasteiger partial charge in [0, 0.05) is 12.6 Å². The van der Waals surface area contributed by atoms with E-state index in [4.69, 9.17) is 5.73 Å². The zero-order chi connectivity index (χ0) is 12.0. The minimum absolute atomic E-state index is 0.389. The molecule has 0 aromatic rings. The Bertz CT molecular complexity index is 176. The van der Waals surface area contributed by atoms with Crippen molar-refractivity contribution in [2.75, 3.05) is 40.3 Å². The minimum atomic E-state index is 0.389. The maximum absolute atomic E-state index is 5.94. The Morgan fingerprint density at radius 1 is 1.38 bits per heavy atom. The first-order valence-corrected chi connectivity index (χ1v) is 6.74. The molecular weight excluding hydrogens is 198 g/mol. The molecule has 16 heavy (non-hydrogen) atoms. The second kappa shape index (κ2) is 7.25. The van der Waals surface area contributed by atoms with Gasteiger partial charge in [-0.15, -0.1) is 0 Å². The van der Waals surface area contributed by atoms with Crippen LogP contribution >= 0.6 is 0 Å². The Labute approximate surface area is 101 Å². The molecule has 1 saturated heterocycles. The molecule has 1 heterocycles. The fourth-order valence-electron chi connectivity index (χ4n) is 2.37. The van der Waals surface area contributed by atoms with Gasteiger partial charge >= 0.3 is 0 Å². The smallest absolute Gasteiger partial charge is 0.00483 e. The fourth-order valence-corrected chi connectivity index (χ4v) is 2.37. The molecule has 3 heteroatoms. The number of hydrogen-bond acceptors (Lipinski definition) is 3. The van der Waals surface area contributed by atoms with Gasteiger partial charge < -0.3 is 15.5 Å². The number of rotatable bonds is 6. The Hall–Kier alpha value is -0.120. The predicted molar refractivity (Wildman–Crippen MR) is 70.6 cm³/mol. The number of nitrogens with zero attached hydrogens (tertiary/aromatic N) is 2. The molecule has 0 amide bonds. The van der Waals surface area contributed by atoms with Crippen LogP contribution in [0, 0.1) is 5.92 Å². The van der Waals surface area contributed by atoms with Crippen LogP contribution in [0.25, 0.3) is 0 Å². The Kier molecular flexibility index (Phi) is 6.32. The first kappa shape index (κ1) is 13.9. The van der Waals surface area contributed by atoms with Crippen LogP contribution in [0.3, 0.4) is 0 Å². The van der Waals surface area contributed by atoms with E-state index < -0.39 is 0 Å². The summed E-state index contributed by atoms with van der Waals surface area (Å²) < 4.78 is 0. The molecule has 96 valence electrons. The van der Waals surface area contributed by atoms with E-state index in [1.54, 1.807) is 0 Å². The quantitative estimate of drug-likeness (QED) is 0.744. The maximum Gasteiger partial charge on any atom is 0.00483 e. The van der Waals surface area contributed by atoms with Crippen LogP contribution in [0.2, 0.25) is 0 Å². The third-order valence-electron chi connectivity index (χ3n) is 3.81. The van der Waals surface area contributed by atoms with Gasteiger partial charge in [-0.3, -0.25) is 0 Å². The lowest BCUT2D eigenvalue weighted by Gasteiger charge is -2.31. The zero-order valence-electron chi connectivity index (χ0n) is 11.3. The fraction of sp³-hybridized carbons (Fsp3) is 1.00. The van der Waals surface area contributed by atoms with Gasteiger partial charge in [-0.1, -0.05) is 6.92 Å². The minimum Gasteiger partial charge on any atom is -0.328 e. The van der Waals surface area contributed by atoms with Crippen molar-refractivity contribution in [2.45, 2.75) is 38.6 Å². The van der Waals surface area contributed by atoms with E-state index in [-0.39, 0.29) is 0 Å². The molecule has 1 rings (SSSR count). The molecule has 0 bridgehead atoms. The molecule has 1 aliphatic heterocycles. The number of hydrogen-bond donors (Lipinski definition) is 1. The van der Waals surface area contributed by atoms with Crippen LogP contribution in [0.4, 0.5) is 0 Å². The summed E-state index contributed by atoms with van der Waals surface area (Å²) in [5.41, 5.74) is 5.94. The monoisotopic (exact) mass is 227 g/mol. The molecule has 0 aromatic carbocycles. The van der Waals surface area contributed by atoms with Gasteiger partial charge in [0.05, 0.1) is 0 Å². The SMILES string of the molecule is CCC(N)CCN(C)CC1CCN(C)CC1. The molecule has 2 N–H and O–H groups in total. The van der Waals surface area contributed by atoms with E-state index >= 15 is 0 Å². The first-order valence-electron chi connectivity index (χ1n) is 6.74. The Morgan fingerprint density at radius 2 is 2.00 bits per heavy atom. The molecular formula is C13H29N3. The van der Waals surface area contributed by atoms with Crippen molar-refractivity contribution in [3.05, 3.63) is 0 Å². The topological polar surface area (TPSA) is 32.5 Å². The normalized spacial score (nSPS) is 21.6. The van der Waals surface area contributed by atoms with E-state index in [0.717, 1.165) is 25.3 Å². The van der Waals surface area contributed by atoms with Gasteiger partial charge in [0.15, 0.2) is 0 Å². The lowest BCUT2D eigenvalue weighted by Crippen LogP contribution is -2.37. The summed E-state index contributed by atoms with van der Waals surface area (Å²) in [4.78, 5) is 4.90. The molecule has 3 nitrogen and oxygen atoms in total. The van der Waals surface area contributed by atoms with Crippen molar-refractivity contribution in [2.24, 2.45) is 11.7 Å². The standard InChI is InChI=1S/C13H29N3/c1-4-13(14)7-10-16(3)11-12-5-8-15(2)9-6-12/h12-13H,4-11,14H2,1-3H3. The van der Waals surface area contributed by atoms with Gasteiger partial charge in [0.2, 0.25) is 0 Å². The van der Waals surface area contributed by atoms with E-state index in [1.165, 1.54) is 32.5 Å². The van der Waals surface area contributed by atoms with Crippen molar-refractivity contribution in [1.82, 2.24) is 9.80 Å². The van der Waals surface area contributed by atoms with E-state index in [1.807, 2.05) is 0 Å². The summed E-state index contributed by atoms with van der Waals surface area (Å²) in [5, 5.41) is 0. The van der Waals surface area contributed by atoms with Crippen molar-refractivity contribution >= 4 is 0 Å². The highest BCUT2D eigenvalue weighted by atomic mass is 15.1. The van der Waals surface area contributed by atoms with Crippen molar-refractivity contribution in [1.29, 1.82) is 0 Å². The van der Waals surface area contributed by atoms with Crippen LogP contribution in [0.1, 0.15) is 32.6 Å². The van der Waals surface area contributed by atoms with Gasteiger partial charge in [0.25, 0.3) is 0 Å². The van der Waals surface area contributed by atoms with E-state index in [2.05, 4.69) is 30.8 Å². The summed E-state index contributed by atoms with van der Waals surface area (Å²) in [6, 6.07) is 0.389. The molecule has 1 aliphatic rings. The van der Waals surface area contributed by atoms with Crippen LogP contribution in [-0.4, -0.2) is 56.1 Å². The summed E-state index contributed by atoms with van der Waals surface area (Å²) in [5.74, 6) is 0.902. The third-order valence-corrected chi connectivity index (χ3v) is 3.81. The van der Waals surface area contributed by atoms with Crippen molar-refractivity contribution < 1.29 is 0 Å². The Morgan fingerprint density at radius 3 is 2.56 bits per heavy atom. The van der Waals surface area contributed by atoms with Crippen LogP contribution in [0.15, 0.2) is 0 Å². The summed E-state index contributed by atoms with van der Waals surface area (Å²) >= 11 is 0. The van der Waals surface area contributed by atoms with Gasteiger partial charge in [-0.2, -0.15) is 0 Å². The molecule has 0 aromatic heterocycles. The first-order chi connectivity index (χ1) is 7.61. The summed E-state index contributed by atoms with van der Waals surface area (Å²) in [6.07, 6.45) is 4.96. The van der Waals surface area contributed by atoms with Crippen LogP contribution < -0.4 is 5.73 Å². The molecule has 0 spiro atoms. The lowest BCUT2D eigenvalue weighted by molar-refractivity contribution is 0.174. The highest BCUT2D eigenvalue weighted by Gasteiger charge is 2.17. The average molecular weight is 227 g/mol. The summed E-state index contributed by atoms with van der Waals surface area (Å²) in [6.45, 7) is 7.12. The number of nitrogens with two attached hydrogens (primary N) is 1. The second-order valence-electron chi connectivity index (χ2n) is 5.47. The number of likely N-dealkylation sites (tertiary alicyclic amines) is 1. The van der Waals surface area contributed by atoms with Crippen molar-refractivity contribution in [3.8, 4) is 0 Å². The average Bonchev–Trinajstić information content (AvgIpc) is 2.29. The number of piperidine rings is 1. The van der Waals surface area contributed by atoms with Crippen LogP contribution in [-0.2, 0) is 0 Å². The van der Waals surface area contributed by atoms with Gasteiger partial charge in [-0.25, -0.2) is 0 Å². The highest BCUT2D eigenvalue weighted by Crippen LogP contribution is 2.16. The maximum atomic E-state index is 5.94. The third kappa shape index (κ3) is 5.28. The molecule has 0 saturated carbocycles. The van der Waals surface area contributed by atoms with E-state index in [0.29, 0.717) is 6.04 Å². The molecule has 1 fully saturated rings.